The molecule has 0 heterocycles. The maximum Gasteiger partial charge on any atom is 0.227 e. The zero-order chi connectivity index (χ0) is 15.5. The van der Waals surface area contributed by atoms with Crippen molar-refractivity contribution in [3.63, 3.8) is 0 Å². The van der Waals surface area contributed by atoms with Crippen LogP contribution in [-0.2, 0) is 4.79 Å². The molecule has 0 aromatic rings. The maximum absolute atomic E-state index is 13.0. The van der Waals surface area contributed by atoms with Crippen LogP contribution in [0.1, 0.15) is 66.2 Å². The second-order valence-corrected chi connectivity index (χ2v) is 9.23. The van der Waals surface area contributed by atoms with Gasteiger partial charge in [0, 0.05) is 0 Å². The van der Waals surface area contributed by atoms with Crippen LogP contribution in [0, 0.1) is 39.4 Å². The molecule has 0 aliphatic heterocycles. The van der Waals surface area contributed by atoms with Crippen molar-refractivity contribution in [2.45, 2.75) is 72.3 Å². The van der Waals surface area contributed by atoms with E-state index in [0.717, 1.165) is 19.3 Å². The molecule has 0 saturated heterocycles. The van der Waals surface area contributed by atoms with Crippen molar-refractivity contribution >= 4 is 5.91 Å². The lowest BCUT2D eigenvalue weighted by Crippen LogP contribution is -2.60. The van der Waals surface area contributed by atoms with Gasteiger partial charge in [-0.2, -0.15) is 5.26 Å². The van der Waals surface area contributed by atoms with Gasteiger partial charge < -0.3 is 5.32 Å². The monoisotopic (exact) mass is 288 g/mol. The van der Waals surface area contributed by atoms with E-state index in [9.17, 15) is 10.1 Å². The minimum atomic E-state index is -0.355. The van der Waals surface area contributed by atoms with Gasteiger partial charge in [-0.1, -0.05) is 27.7 Å². The highest BCUT2D eigenvalue weighted by Crippen LogP contribution is 2.69. The quantitative estimate of drug-likeness (QED) is 0.862. The molecule has 1 amide bonds. The molecule has 4 aliphatic carbocycles. The van der Waals surface area contributed by atoms with Crippen LogP contribution in [0.4, 0.5) is 0 Å². The van der Waals surface area contributed by atoms with Crippen LogP contribution in [0.25, 0.3) is 0 Å². The molecule has 4 rings (SSSR count). The van der Waals surface area contributed by atoms with Crippen molar-refractivity contribution in [3.8, 4) is 6.07 Å². The van der Waals surface area contributed by atoms with Crippen LogP contribution >= 0.6 is 0 Å². The van der Waals surface area contributed by atoms with Crippen LogP contribution < -0.4 is 5.32 Å². The summed E-state index contributed by atoms with van der Waals surface area (Å²) in [4.78, 5) is 13.0. The normalized spacial score (nSPS) is 45.4. The smallest absolute Gasteiger partial charge is 0.227 e. The van der Waals surface area contributed by atoms with Crippen molar-refractivity contribution in [2.24, 2.45) is 28.1 Å². The van der Waals surface area contributed by atoms with Gasteiger partial charge in [-0.3, -0.25) is 4.79 Å². The van der Waals surface area contributed by atoms with E-state index in [0.29, 0.717) is 16.7 Å². The van der Waals surface area contributed by atoms with Gasteiger partial charge in [-0.15, -0.1) is 0 Å². The van der Waals surface area contributed by atoms with E-state index in [1.807, 2.05) is 13.8 Å². The minimum absolute atomic E-state index is 0.157. The summed E-state index contributed by atoms with van der Waals surface area (Å²) in [7, 11) is 0. The molecule has 3 heteroatoms. The number of rotatable bonds is 3. The first-order valence-electron chi connectivity index (χ1n) is 8.40. The first kappa shape index (κ1) is 14.9. The molecule has 3 atom stereocenters. The van der Waals surface area contributed by atoms with Gasteiger partial charge in [0.15, 0.2) is 0 Å². The summed E-state index contributed by atoms with van der Waals surface area (Å²) in [5, 5.41) is 12.3. The van der Waals surface area contributed by atoms with E-state index in [-0.39, 0.29) is 23.3 Å². The highest BCUT2D eigenvalue weighted by molar-refractivity contribution is 5.84. The fourth-order valence-electron chi connectivity index (χ4n) is 6.34. The molecule has 0 aromatic heterocycles. The Morgan fingerprint density at radius 1 is 1.14 bits per heavy atom. The molecule has 0 spiro atoms. The molecule has 3 nitrogen and oxygen atoms in total. The summed E-state index contributed by atoms with van der Waals surface area (Å²) in [5.74, 6) is 1.03. The average Bonchev–Trinajstić information content (AvgIpc) is 2.30. The minimum Gasteiger partial charge on any atom is -0.340 e. The lowest BCUT2D eigenvalue weighted by atomic mass is 9.40. The average molecular weight is 288 g/mol. The lowest BCUT2D eigenvalue weighted by molar-refractivity contribution is -0.170. The third-order valence-corrected chi connectivity index (χ3v) is 6.20. The van der Waals surface area contributed by atoms with E-state index < -0.39 is 0 Å². The van der Waals surface area contributed by atoms with Gasteiger partial charge in [-0.05, 0) is 61.2 Å². The third-order valence-electron chi connectivity index (χ3n) is 6.20. The first-order chi connectivity index (χ1) is 9.69. The Morgan fingerprint density at radius 3 is 2.14 bits per heavy atom. The summed E-state index contributed by atoms with van der Waals surface area (Å²) in [6.07, 6.45) is 6.95. The van der Waals surface area contributed by atoms with Gasteiger partial charge in [0.25, 0.3) is 0 Å². The van der Waals surface area contributed by atoms with Crippen LogP contribution in [0.3, 0.4) is 0 Å². The molecule has 4 fully saturated rings. The lowest BCUT2D eigenvalue weighted by Gasteiger charge is -2.64. The Hall–Kier alpha value is -1.04. The Bertz CT molecular complexity index is 486. The summed E-state index contributed by atoms with van der Waals surface area (Å²) in [5.41, 5.74) is 0.476. The summed E-state index contributed by atoms with van der Waals surface area (Å²) in [6.45, 7) is 8.75. The molecule has 4 saturated carbocycles. The van der Waals surface area contributed by atoms with E-state index in [4.69, 9.17) is 0 Å². The fourth-order valence-corrected chi connectivity index (χ4v) is 6.34. The first-order valence-corrected chi connectivity index (χ1v) is 8.40. The van der Waals surface area contributed by atoms with Gasteiger partial charge in [-0.25, -0.2) is 0 Å². The van der Waals surface area contributed by atoms with Crippen molar-refractivity contribution in [3.05, 3.63) is 0 Å². The van der Waals surface area contributed by atoms with Crippen molar-refractivity contribution in [2.75, 3.05) is 0 Å². The van der Waals surface area contributed by atoms with Crippen molar-refractivity contribution in [1.82, 2.24) is 5.32 Å². The SMILES string of the molecule is CC(C)C(C#N)NC(=O)C12CC3CC(C)(CC(C)(C3)C1)C2. The highest BCUT2D eigenvalue weighted by Gasteiger charge is 2.62. The standard InChI is InChI=1S/C18H28N2O/c1-12(2)14(8-19)20-15(21)18-7-13-5-16(3,10-18)9-17(4,6-13)11-18/h12-14H,5-7,9-11H2,1-4H3,(H,20,21). The van der Waals surface area contributed by atoms with E-state index in [1.54, 1.807) is 0 Å². The predicted octanol–water partition coefficient (Wildman–Crippen LogP) is 3.65. The van der Waals surface area contributed by atoms with Crippen molar-refractivity contribution < 1.29 is 4.79 Å². The molecule has 4 bridgehead atoms. The molecule has 3 unspecified atom stereocenters. The van der Waals surface area contributed by atoms with E-state index in [2.05, 4.69) is 25.2 Å². The predicted molar refractivity (Wildman–Crippen MR) is 82.2 cm³/mol. The molecule has 0 radical (unpaired) electrons. The summed E-state index contributed by atoms with van der Waals surface area (Å²) >= 11 is 0. The number of hydrogen-bond donors (Lipinski definition) is 1. The number of nitriles is 1. The molecular weight excluding hydrogens is 260 g/mol. The van der Waals surface area contributed by atoms with Gasteiger partial charge in [0.2, 0.25) is 5.91 Å². The number of nitrogens with one attached hydrogen (secondary N) is 1. The number of carbonyl (C=O) groups excluding carboxylic acids is 1. The zero-order valence-corrected chi connectivity index (χ0v) is 13.8. The Balaban J connectivity index is 1.84. The van der Waals surface area contributed by atoms with Gasteiger partial charge >= 0.3 is 0 Å². The summed E-state index contributed by atoms with van der Waals surface area (Å²) in [6, 6.07) is 1.90. The van der Waals surface area contributed by atoms with Gasteiger partial charge in [0.1, 0.15) is 6.04 Å². The number of carbonyl (C=O) groups is 1. The fraction of sp³-hybridized carbons (Fsp3) is 0.889. The number of hydrogen-bond acceptors (Lipinski definition) is 2. The third kappa shape index (κ3) is 2.37. The van der Waals surface area contributed by atoms with Crippen LogP contribution in [0.2, 0.25) is 0 Å². The maximum atomic E-state index is 13.0. The summed E-state index contributed by atoms with van der Waals surface area (Å²) < 4.78 is 0. The van der Waals surface area contributed by atoms with Crippen LogP contribution in [0.5, 0.6) is 0 Å². The number of amides is 1. The Labute approximate surface area is 128 Å². The second-order valence-electron chi connectivity index (χ2n) is 9.23. The van der Waals surface area contributed by atoms with E-state index in [1.165, 1.54) is 19.3 Å². The topological polar surface area (TPSA) is 52.9 Å². The van der Waals surface area contributed by atoms with Gasteiger partial charge in [0.05, 0.1) is 11.5 Å². The highest BCUT2D eigenvalue weighted by atomic mass is 16.2. The zero-order valence-electron chi connectivity index (χ0n) is 13.8. The molecule has 4 aliphatic rings. The number of nitrogens with zero attached hydrogens (tertiary/aromatic N) is 1. The van der Waals surface area contributed by atoms with Crippen LogP contribution in [0.15, 0.2) is 0 Å². The Kier molecular flexibility index (Phi) is 3.17. The van der Waals surface area contributed by atoms with E-state index >= 15 is 0 Å². The molecule has 0 aromatic carbocycles. The second kappa shape index (κ2) is 4.48. The van der Waals surface area contributed by atoms with Crippen LogP contribution in [-0.4, -0.2) is 11.9 Å². The largest absolute Gasteiger partial charge is 0.340 e. The Morgan fingerprint density at radius 2 is 1.71 bits per heavy atom. The molecule has 21 heavy (non-hydrogen) atoms. The molecule has 116 valence electrons. The van der Waals surface area contributed by atoms with Crippen molar-refractivity contribution in [1.29, 1.82) is 5.26 Å². The molecule has 1 N–H and O–H groups in total. The molecular formula is C18H28N2O.